The number of hydrogen-bond acceptors (Lipinski definition) is 4. The third-order valence-corrected chi connectivity index (χ3v) is 4.73. The molecule has 4 aromatic rings. The molecular formula is C24H20N2O3. The number of imidazole rings is 1. The zero-order valence-corrected chi connectivity index (χ0v) is 16.2. The van der Waals surface area contributed by atoms with Gasteiger partial charge in [0, 0.05) is 23.0 Å². The average Bonchev–Trinajstić information content (AvgIpc) is 3.29. The summed E-state index contributed by atoms with van der Waals surface area (Å²) in [5.74, 6) is 1.39. The van der Waals surface area contributed by atoms with E-state index in [2.05, 4.69) is 4.98 Å². The highest BCUT2D eigenvalue weighted by atomic mass is 16.5. The number of para-hydroxylation sites is 1. The summed E-state index contributed by atoms with van der Waals surface area (Å²) in [7, 11) is 3.26. The average molecular weight is 384 g/mol. The lowest BCUT2D eigenvalue weighted by molar-refractivity contribution is 0.103. The standard InChI is InChI=1S/C24H20N2O3/c1-28-20-12-10-17(11-13-20)24(27)22-15-26(16-25-22)19-7-5-6-18(14-19)21-8-3-4-9-23(21)29-2/h3-16H,1-2H3. The summed E-state index contributed by atoms with van der Waals surface area (Å²) in [4.78, 5) is 17.0. The topological polar surface area (TPSA) is 53.4 Å². The van der Waals surface area contributed by atoms with Crippen molar-refractivity contribution >= 4 is 5.78 Å². The summed E-state index contributed by atoms with van der Waals surface area (Å²) in [6.45, 7) is 0. The fourth-order valence-electron chi connectivity index (χ4n) is 3.19. The third-order valence-electron chi connectivity index (χ3n) is 4.73. The first-order chi connectivity index (χ1) is 14.2. The summed E-state index contributed by atoms with van der Waals surface area (Å²) in [6.07, 6.45) is 3.39. The van der Waals surface area contributed by atoms with E-state index < -0.39 is 0 Å². The summed E-state index contributed by atoms with van der Waals surface area (Å²) in [5.41, 5.74) is 3.90. The van der Waals surface area contributed by atoms with Crippen molar-refractivity contribution in [2.45, 2.75) is 0 Å². The van der Waals surface area contributed by atoms with Crippen molar-refractivity contribution < 1.29 is 14.3 Å². The van der Waals surface area contributed by atoms with E-state index in [4.69, 9.17) is 9.47 Å². The molecule has 0 atom stereocenters. The molecule has 0 bridgehead atoms. The Morgan fingerprint density at radius 1 is 0.897 bits per heavy atom. The Bertz CT molecular complexity index is 1150. The molecule has 0 aliphatic heterocycles. The maximum Gasteiger partial charge on any atom is 0.212 e. The highest BCUT2D eigenvalue weighted by molar-refractivity contribution is 6.07. The van der Waals surface area contributed by atoms with Crippen LogP contribution in [0.5, 0.6) is 11.5 Å². The molecule has 0 unspecified atom stereocenters. The van der Waals surface area contributed by atoms with Crippen LogP contribution in [-0.2, 0) is 0 Å². The Labute approximate surface area is 169 Å². The van der Waals surface area contributed by atoms with Crippen molar-refractivity contribution in [3.8, 4) is 28.3 Å². The van der Waals surface area contributed by atoms with Crippen LogP contribution in [0.3, 0.4) is 0 Å². The lowest BCUT2D eigenvalue weighted by Gasteiger charge is -2.10. The van der Waals surface area contributed by atoms with Gasteiger partial charge in [0.2, 0.25) is 5.78 Å². The highest BCUT2D eigenvalue weighted by Crippen LogP contribution is 2.30. The van der Waals surface area contributed by atoms with Gasteiger partial charge in [-0.05, 0) is 48.0 Å². The number of nitrogens with zero attached hydrogens (tertiary/aromatic N) is 2. The molecule has 29 heavy (non-hydrogen) atoms. The minimum absolute atomic E-state index is 0.132. The number of benzene rings is 3. The van der Waals surface area contributed by atoms with Crippen LogP contribution in [0.2, 0.25) is 0 Å². The van der Waals surface area contributed by atoms with Crippen LogP contribution in [0.1, 0.15) is 16.1 Å². The fourth-order valence-corrected chi connectivity index (χ4v) is 3.19. The van der Waals surface area contributed by atoms with Crippen LogP contribution in [0.4, 0.5) is 0 Å². The van der Waals surface area contributed by atoms with E-state index in [0.717, 1.165) is 22.6 Å². The molecule has 5 heteroatoms. The van der Waals surface area contributed by atoms with Crippen LogP contribution < -0.4 is 9.47 Å². The number of ether oxygens (including phenoxy) is 2. The van der Waals surface area contributed by atoms with Crippen molar-refractivity contribution in [2.75, 3.05) is 14.2 Å². The molecule has 0 saturated carbocycles. The van der Waals surface area contributed by atoms with Crippen LogP contribution in [0.25, 0.3) is 16.8 Å². The molecule has 4 rings (SSSR count). The number of ketones is 1. The number of rotatable bonds is 6. The highest BCUT2D eigenvalue weighted by Gasteiger charge is 2.13. The summed E-state index contributed by atoms with van der Waals surface area (Å²) in [6, 6.07) is 22.9. The molecule has 0 saturated heterocycles. The molecule has 0 aliphatic carbocycles. The van der Waals surface area contributed by atoms with E-state index in [1.807, 2.05) is 53.1 Å². The predicted octanol–water partition coefficient (Wildman–Crippen LogP) is 4.79. The van der Waals surface area contributed by atoms with Crippen molar-refractivity contribution in [1.82, 2.24) is 9.55 Å². The zero-order chi connectivity index (χ0) is 20.2. The van der Waals surface area contributed by atoms with Gasteiger partial charge in [0.15, 0.2) is 0 Å². The second-order valence-corrected chi connectivity index (χ2v) is 6.47. The Balaban J connectivity index is 1.63. The lowest BCUT2D eigenvalue weighted by Crippen LogP contribution is -2.01. The summed E-state index contributed by atoms with van der Waals surface area (Å²) in [5, 5.41) is 0. The molecular weight excluding hydrogens is 364 g/mol. The second-order valence-electron chi connectivity index (χ2n) is 6.47. The van der Waals surface area contributed by atoms with E-state index >= 15 is 0 Å². The zero-order valence-electron chi connectivity index (χ0n) is 16.2. The molecule has 1 aromatic heterocycles. The van der Waals surface area contributed by atoms with Gasteiger partial charge in [-0.15, -0.1) is 0 Å². The second kappa shape index (κ2) is 8.02. The van der Waals surface area contributed by atoms with Gasteiger partial charge in [-0.25, -0.2) is 4.98 Å². The van der Waals surface area contributed by atoms with Crippen molar-refractivity contribution in [3.63, 3.8) is 0 Å². The van der Waals surface area contributed by atoms with Crippen molar-refractivity contribution in [1.29, 1.82) is 0 Å². The first-order valence-electron chi connectivity index (χ1n) is 9.16. The van der Waals surface area contributed by atoms with Gasteiger partial charge in [0.05, 0.1) is 14.2 Å². The molecule has 0 aliphatic rings. The van der Waals surface area contributed by atoms with Crippen LogP contribution >= 0.6 is 0 Å². The van der Waals surface area contributed by atoms with Gasteiger partial charge >= 0.3 is 0 Å². The Morgan fingerprint density at radius 3 is 2.45 bits per heavy atom. The predicted molar refractivity (Wildman–Crippen MR) is 112 cm³/mol. The number of methoxy groups -OCH3 is 2. The Hall–Kier alpha value is -3.86. The monoisotopic (exact) mass is 384 g/mol. The van der Waals surface area contributed by atoms with Crippen molar-refractivity contribution in [2.24, 2.45) is 0 Å². The minimum atomic E-state index is -0.132. The molecule has 144 valence electrons. The number of carbonyl (C=O) groups excluding carboxylic acids is 1. The smallest absolute Gasteiger partial charge is 0.212 e. The van der Waals surface area contributed by atoms with Gasteiger partial charge in [-0.2, -0.15) is 0 Å². The first-order valence-corrected chi connectivity index (χ1v) is 9.16. The molecule has 0 N–H and O–H groups in total. The third kappa shape index (κ3) is 3.75. The maximum atomic E-state index is 12.7. The molecule has 0 fully saturated rings. The lowest BCUT2D eigenvalue weighted by atomic mass is 10.0. The van der Waals surface area contributed by atoms with E-state index in [9.17, 15) is 4.79 Å². The molecule has 0 amide bonds. The normalized spacial score (nSPS) is 10.6. The maximum absolute atomic E-state index is 12.7. The van der Waals surface area contributed by atoms with Gasteiger partial charge in [-0.1, -0.05) is 30.3 Å². The molecule has 1 heterocycles. The van der Waals surface area contributed by atoms with E-state index in [1.54, 1.807) is 51.0 Å². The van der Waals surface area contributed by atoms with Gasteiger partial charge < -0.3 is 14.0 Å². The minimum Gasteiger partial charge on any atom is -0.497 e. The van der Waals surface area contributed by atoms with Gasteiger partial charge in [0.1, 0.15) is 23.5 Å². The Kier molecular flexibility index (Phi) is 5.12. The van der Waals surface area contributed by atoms with E-state index in [1.165, 1.54) is 0 Å². The quantitative estimate of drug-likeness (QED) is 0.449. The summed E-state index contributed by atoms with van der Waals surface area (Å²) < 4.78 is 12.5. The van der Waals surface area contributed by atoms with Crippen LogP contribution in [0.15, 0.2) is 85.3 Å². The summed E-state index contributed by atoms with van der Waals surface area (Å²) >= 11 is 0. The molecule has 3 aromatic carbocycles. The largest absolute Gasteiger partial charge is 0.497 e. The van der Waals surface area contributed by atoms with Crippen molar-refractivity contribution in [3.05, 3.63) is 96.6 Å². The Morgan fingerprint density at radius 2 is 1.69 bits per heavy atom. The fraction of sp³-hybridized carbons (Fsp3) is 0.0833. The molecule has 0 spiro atoms. The van der Waals surface area contributed by atoms with Gasteiger partial charge in [0.25, 0.3) is 0 Å². The number of aromatic nitrogens is 2. The number of carbonyl (C=O) groups is 1. The van der Waals surface area contributed by atoms with Gasteiger partial charge in [-0.3, -0.25) is 4.79 Å². The first kappa shape index (κ1) is 18.5. The molecule has 5 nitrogen and oxygen atoms in total. The molecule has 0 radical (unpaired) electrons. The van der Waals surface area contributed by atoms with Crippen LogP contribution in [0, 0.1) is 0 Å². The van der Waals surface area contributed by atoms with Crippen LogP contribution in [-0.4, -0.2) is 29.6 Å². The number of hydrogen-bond donors (Lipinski definition) is 0. The van der Waals surface area contributed by atoms with E-state index in [0.29, 0.717) is 17.0 Å². The SMILES string of the molecule is COc1ccc(C(=O)c2cn(-c3cccc(-c4ccccc4OC)c3)cn2)cc1. The van der Waals surface area contributed by atoms with E-state index in [-0.39, 0.29) is 5.78 Å².